The van der Waals surface area contributed by atoms with Gasteiger partial charge in [-0.1, -0.05) is 12.1 Å². The Kier molecular flexibility index (Phi) is 3.64. The summed E-state index contributed by atoms with van der Waals surface area (Å²) in [6.45, 7) is 1.44. The third-order valence-corrected chi connectivity index (χ3v) is 3.04. The van der Waals surface area contributed by atoms with Crippen LogP contribution in [0.2, 0.25) is 0 Å². The Labute approximate surface area is 101 Å². The van der Waals surface area contributed by atoms with Gasteiger partial charge in [0.2, 0.25) is 0 Å². The molecule has 0 saturated carbocycles. The van der Waals surface area contributed by atoms with Crippen molar-refractivity contribution in [3.8, 4) is 0 Å². The van der Waals surface area contributed by atoms with Crippen LogP contribution in [-0.4, -0.2) is 37.1 Å². The van der Waals surface area contributed by atoms with E-state index in [1.165, 1.54) is 0 Å². The minimum Gasteiger partial charge on any atom is -0.398 e. The summed E-state index contributed by atoms with van der Waals surface area (Å²) >= 11 is 0. The predicted molar refractivity (Wildman–Crippen MR) is 66.8 cm³/mol. The van der Waals surface area contributed by atoms with E-state index >= 15 is 0 Å². The van der Waals surface area contributed by atoms with Gasteiger partial charge in [-0.05, 0) is 25.0 Å². The maximum Gasteiger partial charge on any atom is 0.255 e. The molecule has 1 saturated heterocycles. The van der Waals surface area contributed by atoms with Gasteiger partial charge in [0.1, 0.15) is 0 Å². The number of carbonyl (C=O) groups excluding carboxylic acids is 1. The lowest BCUT2D eigenvalue weighted by atomic mass is 10.1. The Morgan fingerprint density at radius 2 is 2.29 bits per heavy atom. The smallest absolute Gasteiger partial charge is 0.255 e. The molecule has 1 aliphatic rings. The van der Waals surface area contributed by atoms with Crippen molar-refractivity contribution >= 4 is 11.6 Å². The molecule has 0 aliphatic carbocycles. The van der Waals surface area contributed by atoms with Gasteiger partial charge in [0.25, 0.3) is 5.91 Å². The number of amides is 1. The van der Waals surface area contributed by atoms with E-state index in [2.05, 4.69) is 0 Å². The second-order valence-electron chi connectivity index (χ2n) is 4.41. The van der Waals surface area contributed by atoms with E-state index in [1.54, 1.807) is 24.1 Å². The Balaban J connectivity index is 2.01. The molecule has 1 unspecified atom stereocenters. The first-order valence-electron chi connectivity index (χ1n) is 5.90. The molecular formula is C13H18N2O2. The first-order valence-corrected chi connectivity index (χ1v) is 5.90. The summed E-state index contributed by atoms with van der Waals surface area (Å²) in [6.07, 6.45) is 2.29. The number of rotatable bonds is 3. The number of anilines is 1. The van der Waals surface area contributed by atoms with E-state index in [-0.39, 0.29) is 12.0 Å². The summed E-state index contributed by atoms with van der Waals surface area (Å²) in [5, 5.41) is 0. The number of hydrogen-bond donors (Lipinski definition) is 1. The molecule has 0 radical (unpaired) electrons. The van der Waals surface area contributed by atoms with Gasteiger partial charge in [0.15, 0.2) is 0 Å². The number of carbonyl (C=O) groups is 1. The zero-order valence-electron chi connectivity index (χ0n) is 10.1. The zero-order valence-corrected chi connectivity index (χ0v) is 10.1. The van der Waals surface area contributed by atoms with E-state index in [0.29, 0.717) is 17.8 Å². The number of nitrogen functional groups attached to an aromatic ring is 1. The Hall–Kier alpha value is -1.55. The number of ether oxygens (including phenoxy) is 1. The SMILES string of the molecule is CN(CC1CCCO1)C(=O)c1ccccc1N. The van der Waals surface area contributed by atoms with Crippen LogP contribution in [0, 0.1) is 0 Å². The van der Waals surface area contributed by atoms with Gasteiger partial charge in [-0.3, -0.25) is 4.79 Å². The summed E-state index contributed by atoms with van der Waals surface area (Å²) in [5.41, 5.74) is 6.88. The van der Waals surface area contributed by atoms with E-state index < -0.39 is 0 Å². The van der Waals surface area contributed by atoms with Crippen LogP contribution in [0.3, 0.4) is 0 Å². The largest absolute Gasteiger partial charge is 0.398 e. The molecule has 17 heavy (non-hydrogen) atoms. The predicted octanol–water partition coefficient (Wildman–Crippen LogP) is 1.52. The normalized spacial score (nSPS) is 19.2. The Bertz CT molecular complexity index is 400. The number of hydrogen-bond acceptors (Lipinski definition) is 3. The average molecular weight is 234 g/mol. The van der Waals surface area contributed by atoms with E-state index in [9.17, 15) is 4.79 Å². The van der Waals surface area contributed by atoms with Crippen LogP contribution in [0.4, 0.5) is 5.69 Å². The summed E-state index contributed by atoms with van der Waals surface area (Å²) in [7, 11) is 1.79. The highest BCUT2D eigenvalue weighted by molar-refractivity contribution is 5.98. The quantitative estimate of drug-likeness (QED) is 0.807. The van der Waals surface area contributed by atoms with Crippen molar-refractivity contribution in [1.29, 1.82) is 0 Å². The fourth-order valence-electron chi connectivity index (χ4n) is 2.07. The van der Waals surface area contributed by atoms with Crippen molar-refractivity contribution in [2.24, 2.45) is 0 Å². The number of benzene rings is 1. The second-order valence-corrected chi connectivity index (χ2v) is 4.41. The number of likely N-dealkylation sites (N-methyl/N-ethyl adjacent to an activating group) is 1. The molecular weight excluding hydrogens is 216 g/mol. The van der Waals surface area contributed by atoms with Crippen LogP contribution < -0.4 is 5.73 Å². The highest BCUT2D eigenvalue weighted by atomic mass is 16.5. The molecule has 0 spiro atoms. The monoisotopic (exact) mass is 234 g/mol. The first kappa shape index (κ1) is 11.9. The molecule has 1 atom stereocenters. The van der Waals surface area contributed by atoms with Gasteiger partial charge >= 0.3 is 0 Å². The molecule has 1 aliphatic heterocycles. The van der Waals surface area contributed by atoms with Crippen molar-refractivity contribution in [2.75, 3.05) is 25.9 Å². The van der Waals surface area contributed by atoms with Gasteiger partial charge < -0.3 is 15.4 Å². The standard InChI is InChI=1S/C13H18N2O2/c1-15(9-10-5-4-8-17-10)13(16)11-6-2-3-7-12(11)14/h2-3,6-7,10H,4-5,8-9,14H2,1H3. The third-order valence-electron chi connectivity index (χ3n) is 3.04. The summed E-state index contributed by atoms with van der Waals surface area (Å²) in [4.78, 5) is 13.8. The maximum atomic E-state index is 12.1. The van der Waals surface area contributed by atoms with Crippen LogP contribution in [0.25, 0.3) is 0 Å². The molecule has 1 amide bonds. The van der Waals surface area contributed by atoms with Crippen LogP contribution in [0.15, 0.2) is 24.3 Å². The minimum atomic E-state index is -0.0430. The average Bonchev–Trinajstić information content (AvgIpc) is 2.81. The summed E-state index contributed by atoms with van der Waals surface area (Å²) < 4.78 is 5.51. The van der Waals surface area contributed by atoms with Gasteiger partial charge in [-0.25, -0.2) is 0 Å². The number of nitrogens with two attached hydrogens (primary N) is 1. The third kappa shape index (κ3) is 2.77. The molecule has 0 aromatic heterocycles. The lowest BCUT2D eigenvalue weighted by Crippen LogP contribution is -2.34. The van der Waals surface area contributed by atoms with Crippen molar-refractivity contribution in [1.82, 2.24) is 4.90 Å². The van der Waals surface area contributed by atoms with Gasteiger partial charge in [0.05, 0.1) is 11.7 Å². The van der Waals surface area contributed by atoms with Gasteiger partial charge in [0, 0.05) is 25.9 Å². The van der Waals surface area contributed by atoms with Gasteiger partial charge in [-0.15, -0.1) is 0 Å². The Morgan fingerprint density at radius 3 is 2.94 bits per heavy atom. The van der Waals surface area contributed by atoms with Gasteiger partial charge in [-0.2, -0.15) is 0 Å². The molecule has 1 heterocycles. The molecule has 1 fully saturated rings. The highest BCUT2D eigenvalue weighted by Crippen LogP contribution is 2.16. The van der Waals surface area contributed by atoms with Crippen LogP contribution in [-0.2, 0) is 4.74 Å². The van der Waals surface area contributed by atoms with E-state index in [1.807, 2.05) is 12.1 Å². The number of nitrogens with zero attached hydrogens (tertiary/aromatic N) is 1. The lowest BCUT2D eigenvalue weighted by Gasteiger charge is -2.21. The molecule has 2 N–H and O–H groups in total. The van der Waals surface area contributed by atoms with Crippen LogP contribution in [0.1, 0.15) is 23.2 Å². The summed E-state index contributed by atoms with van der Waals surface area (Å²) in [5.74, 6) is -0.0430. The van der Waals surface area contributed by atoms with Crippen LogP contribution in [0.5, 0.6) is 0 Å². The molecule has 0 bridgehead atoms. The van der Waals surface area contributed by atoms with Crippen molar-refractivity contribution in [3.63, 3.8) is 0 Å². The van der Waals surface area contributed by atoms with Crippen molar-refractivity contribution in [3.05, 3.63) is 29.8 Å². The second kappa shape index (κ2) is 5.19. The lowest BCUT2D eigenvalue weighted by molar-refractivity contribution is 0.0588. The highest BCUT2D eigenvalue weighted by Gasteiger charge is 2.21. The molecule has 1 aromatic carbocycles. The molecule has 92 valence electrons. The number of para-hydroxylation sites is 1. The summed E-state index contributed by atoms with van der Waals surface area (Å²) in [6, 6.07) is 7.15. The molecule has 4 heteroatoms. The fourth-order valence-corrected chi connectivity index (χ4v) is 2.07. The van der Waals surface area contributed by atoms with E-state index in [4.69, 9.17) is 10.5 Å². The molecule has 2 rings (SSSR count). The fraction of sp³-hybridized carbons (Fsp3) is 0.462. The Morgan fingerprint density at radius 1 is 1.53 bits per heavy atom. The first-order chi connectivity index (χ1) is 8.18. The molecule has 1 aromatic rings. The van der Waals surface area contributed by atoms with Crippen molar-refractivity contribution in [2.45, 2.75) is 18.9 Å². The van der Waals surface area contributed by atoms with Crippen molar-refractivity contribution < 1.29 is 9.53 Å². The zero-order chi connectivity index (χ0) is 12.3. The van der Waals surface area contributed by atoms with Crippen LogP contribution >= 0.6 is 0 Å². The topological polar surface area (TPSA) is 55.6 Å². The van der Waals surface area contributed by atoms with E-state index in [0.717, 1.165) is 19.4 Å². The minimum absolute atomic E-state index is 0.0430. The maximum absolute atomic E-state index is 12.1. The molecule has 4 nitrogen and oxygen atoms in total.